The van der Waals surface area contributed by atoms with Gasteiger partial charge >= 0.3 is 5.97 Å². The van der Waals surface area contributed by atoms with Crippen molar-refractivity contribution < 1.29 is 9.90 Å². The molecule has 1 heterocycles. The molecule has 0 amide bonds. The standard InChI is InChI=1S/C13H13BrN2O2/c1-15(2)10-4-3-5-11(7-10)16-8-9(14)6-12(16)13(17)18/h3-8H,1-2H3,(H,17,18). The van der Waals surface area contributed by atoms with Gasteiger partial charge in [-0.1, -0.05) is 6.07 Å². The van der Waals surface area contributed by atoms with Gasteiger partial charge in [0.05, 0.1) is 0 Å². The van der Waals surface area contributed by atoms with Gasteiger partial charge in [0.2, 0.25) is 0 Å². The molecule has 5 heteroatoms. The molecule has 2 rings (SSSR count). The lowest BCUT2D eigenvalue weighted by Gasteiger charge is -2.14. The summed E-state index contributed by atoms with van der Waals surface area (Å²) >= 11 is 3.30. The van der Waals surface area contributed by atoms with Crippen molar-refractivity contribution in [3.8, 4) is 5.69 Å². The molecule has 0 saturated heterocycles. The lowest BCUT2D eigenvalue weighted by Crippen LogP contribution is -2.10. The van der Waals surface area contributed by atoms with E-state index in [0.717, 1.165) is 15.8 Å². The number of anilines is 1. The van der Waals surface area contributed by atoms with Crippen LogP contribution in [0.3, 0.4) is 0 Å². The molecule has 1 N–H and O–H groups in total. The number of carboxylic acids is 1. The number of carbonyl (C=O) groups is 1. The number of benzene rings is 1. The molecule has 94 valence electrons. The van der Waals surface area contributed by atoms with E-state index in [1.165, 1.54) is 0 Å². The fraction of sp³-hybridized carbons (Fsp3) is 0.154. The molecule has 2 aromatic rings. The van der Waals surface area contributed by atoms with Gasteiger partial charge in [0.25, 0.3) is 0 Å². The van der Waals surface area contributed by atoms with E-state index in [1.54, 1.807) is 16.8 Å². The number of hydrogen-bond acceptors (Lipinski definition) is 2. The second-order valence-electron chi connectivity index (χ2n) is 4.13. The van der Waals surface area contributed by atoms with Crippen LogP contribution in [0.25, 0.3) is 5.69 Å². The number of rotatable bonds is 3. The number of hydrogen-bond donors (Lipinski definition) is 1. The average Bonchev–Trinajstić information content (AvgIpc) is 2.72. The van der Waals surface area contributed by atoms with Gasteiger partial charge in [-0.05, 0) is 40.2 Å². The minimum Gasteiger partial charge on any atom is -0.477 e. The summed E-state index contributed by atoms with van der Waals surface area (Å²) < 4.78 is 2.40. The SMILES string of the molecule is CN(C)c1cccc(-n2cc(Br)cc2C(=O)O)c1. The number of nitrogens with zero attached hydrogens (tertiary/aromatic N) is 2. The summed E-state index contributed by atoms with van der Waals surface area (Å²) in [5.41, 5.74) is 2.08. The van der Waals surface area contributed by atoms with Crippen LogP contribution in [0.1, 0.15) is 10.5 Å². The second-order valence-corrected chi connectivity index (χ2v) is 5.05. The van der Waals surface area contributed by atoms with Gasteiger partial charge in [0, 0.05) is 36.1 Å². The highest BCUT2D eigenvalue weighted by Crippen LogP contribution is 2.22. The van der Waals surface area contributed by atoms with Crippen molar-refractivity contribution in [1.29, 1.82) is 0 Å². The van der Waals surface area contributed by atoms with Crippen LogP contribution in [0.2, 0.25) is 0 Å². The van der Waals surface area contributed by atoms with Crippen LogP contribution in [0, 0.1) is 0 Å². The van der Waals surface area contributed by atoms with Crippen LogP contribution in [0.5, 0.6) is 0 Å². The Morgan fingerprint density at radius 1 is 1.33 bits per heavy atom. The van der Waals surface area contributed by atoms with Crippen molar-refractivity contribution in [3.05, 3.63) is 46.7 Å². The van der Waals surface area contributed by atoms with Gasteiger partial charge in [0.1, 0.15) is 5.69 Å². The largest absolute Gasteiger partial charge is 0.477 e. The Labute approximate surface area is 114 Å². The summed E-state index contributed by atoms with van der Waals surface area (Å²) in [5.74, 6) is -0.948. The first kappa shape index (κ1) is 12.7. The molecule has 1 aromatic carbocycles. The van der Waals surface area contributed by atoms with Crippen LogP contribution in [0.15, 0.2) is 41.0 Å². The molecule has 1 aromatic heterocycles. The summed E-state index contributed by atoms with van der Waals surface area (Å²) in [7, 11) is 3.89. The molecule has 0 fully saturated rings. The van der Waals surface area contributed by atoms with Crippen molar-refractivity contribution in [2.75, 3.05) is 19.0 Å². The fourth-order valence-corrected chi connectivity index (χ4v) is 2.15. The summed E-state index contributed by atoms with van der Waals surface area (Å²) in [5, 5.41) is 9.17. The third kappa shape index (κ3) is 2.41. The van der Waals surface area contributed by atoms with Gasteiger partial charge < -0.3 is 14.6 Å². The van der Waals surface area contributed by atoms with Gasteiger partial charge in [-0.15, -0.1) is 0 Å². The van der Waals surface area contributed by atoms with Crippen molar-refractivity contribution >= 4 is 27.6 Å². The van der Waals surface area contributed by atoms with Crippen LogP contribution >= 0.6 is 15.9 Å². The summed E-state index contributed by atoms with van der Waals surface area (Å²) in [6, 6.07) is 9.29. The Balaban J connectivity index is 2.54. The quantitative estimate of drug-likeness (QED) is 0.948. The third-order valence-corrected chi connectivity index (χ3v) is 3.06. The van der Waals surface area contributed by atoms with E-state index in [9.17, 15) is 4.79 Å². The monoisotopic (exact) mass is 308 g/mol. The van der Waals surface area contributed by atoms with Gasteiger partial charge in [-0.25, -0.2) is 4.79 Å². The fourth-order valence-electron chi connectivity index (χ4n) is 1.73. The van der Waals surface area contributed by atoms with E-state index in [4.69, 9.17) is 5.11 Å². The molecule has 0 aliphatic rings. The lowest BCUT2D eigenvalue weighted by molar-refractivity contribution is 0.0688. The highest BCUT2D eigenvalue weighted by Gasteiger charge is 2.13. The first-order chi connectivity index (χ1) is 8.49. The molecule has 0 saturated carbocycles. The lowest BCUT2D eigenvalue weighted by atomic mass is 10.2. The molecule has 0 unspecified atom stereocenters. The van der Waals surface area contributed by atoms with Crippen LogP contribution in [-0.2, 0) is 0 Å². The first-order valence-electron chi connectivity index (χ1n) is 5.38. The molecule has 18 heavy (non-hydrogen) atoms. The molecule has 0 aliphatic heterocycles. The minimum absolute atomic E-state index is 0.234. The highest BCUT2D eigenvalue weighted by molar-refractivity contribution is 9.10. The normalized spacial score (nSPS) is 10.4. The molecule has 0 atom stereocenters. The Hall–Kier alpha value is -1.75. The minimum atomic E-state index is -0.948. The van der Waals surface area contributed by atoms with E-state index in [0.29, 0.717) is 0 Å². The summed E-state index contributed by atoms with van der Waals surface area (Å²) in [6.07, 6.45) is 1.75. The predicted molar refractivity (Wildman–Crippen MR) is 74.8 cm³/mol. The Bertz CT molecular complexity index is 590. The van der Waals surface area contributed by atoms with Crippen LogP contribution in [-0.4, -0.2) is 29.7 Å². The van der Waals surface area contributed by atoms with Gasteiger partial charge in [-0.2, -0.15) is 0 Å². The Morgan fingerprint density at radius 2 is 2.06 bits per heavy atom. The number of carboxylic acid groups (broad SMARTS) is 1. The molecule has 0 bridgehead atoms. The zero-order valence-electron chi connectivity index (χ0n) is 10.1. The van der Waals surface area contributed by atoms with Crippen molar-refractivity contribution in [3.63, 3.8) is 0 Å². The maximum atomic E-state index is 11.2. The van der Waals surface area contributed by atoms with E-state index in [1.807, 2.05) is 43.3 Å². The first-order valence-corrected chi connectivity index (χ1v) is 6.17. The molecular weight excluding hydrogens is 296 g/mol. The molecule has 0 aliphatic carbocycles. The second kappa shape index (κ2) is 4.86. The van der Waals surface area contributed by atoms with E-state index in [-0.39, 0.29) is 5.69 Å². The van der Waals surface area contributed by atoms with Crippen LogP contribution < -0.4 is 4.90 Å². The molecule has 4 nitrogen and oxygen atoms in total. The Kier molecular flexibility index (Phi) is 3.43. The topological polar surface area (TPSA) is 45.5 Å². The zero-order chi connectivity index (χ0) is 13.3. The molecular formula is C13H13BrN2O2. The van der Waals surface area contributed by atoms with Gasteiger partial charge in [-0.3, -0.25) is 0 Å². The van der Waals surface area contributed by atoms with Crippen LogP contribution in [0.4, 0.5) is 5.69 Å². The van der Waals surface area contributed by atoms with E-state index < -0.39 is 5.97 Å². The highest BCUT2D eigenvalue weighted by atomic mass is 79.9. The smallest absolute Gasteiger partial charge is 0.352 e. The number of aromatic carboxylic acids is 1. The maximum Gasteiger partial charge on any atom is 0.352 e. The summed E-state index contributed by atoms with van der Waals surface area (Å²) in [6.45, 7) is 0. The summed E-state index contributed by atoms with van der Waals surface area (Å²) in [4.78, 5) is 13.1. The zero-order valence-corrected chi connectivity index (χ0v) is 11.7. The predicted octanol–water partition coefficient (Wildman–Crippen LogP) is 3.00. The van der Waals surface area contributed by atoms with E-state index >= 15 is 0 Å². The Morgan fingerprint density at radius 3 is 2.67 bits per heavy atom. The van der Waals surface area contributed by atoms with E-state index in [2.05, 4.69) is 15.9 Å². The van der Waals surface area contributed by atoms with Gasteiger partial charge in [0.15, 0.2) is 0 Å². The van der Waals surface area contributed by atoms with Crippen molar-refractivity contribution in [1.82, 2.24) is 4.57 Å². The number of halogens is 1. The van der Waals surface area contributed by atoms with Crippen molar-refractivity contribution in [2.45, 2.75) is 0 Å². The maximum absolute atomic E-state index is 11.2. The average molecular weight is 309 g/mol. The number of aromatic nitrogens is 1. The third-order valence-electron chi connectivity index (χ3n) is 2.63. The van der Waals surface area contributed by atoms with Crippen molar-refractivity contribution in [2.24, 2.45) is 0 Å². The molecule has 0 radical (unpaired) electrons. The molecule has 0 spiro atoms.